The number of carbonyl (C=O) groups excluding carboxylic acids is 2. The molecule has 0 aromatic carbocycles. The lowest BCUT2D eigenvalue weighted by molar-refractivity contribution is -0.166. The number of hydrogen-bond donors (Lipinski definition) is 3. The van der Waals surface area contributed by atoms with Gasteiger partial charge in [-0.2, -0.15) is 0 Å². The summed E-state index contributed by atoms with van der Waals surface area (Å²) in [5.74, 6) is -2.27. The van der Waals surface area contributed by atoms with Crippen molar-refractivity contribution < 1.29 is 29.6 Å². The Morgan fingerprint density at radius 3 is 1.79 bits per heavy atom. The van der Waals surface area contributed by atoms with Crippen LogP contribution in [0.25, 0.3) is 0 Å². The molecule has 12 atom stereocenters. The first-order chi connectivity index (χ1) is 15.2. The fourth-order valence-electron chi connectivity index (χ4n) is 5.80. The molecule has 0 bridgehead atoms. The summed E-state index contributed by atoms with van der Waals surface area (Å²) >= 11 is 0. The minimum absolute atomic E-state index is 0.0309. The number of ketones is 1. The van der Waals surface area contributed by atoms with Gasteiger partial charge in [0.25, 0.3) is 0 Å². The molecule has 194 valence electrons. The summed E-state index contributed by atoms with van der Waals surface area (Å²) in [4.78, 5) is 25.9. The van der Waals surface area contributed by atoms with Crippen LogP contribution >= 0.6 is 0 Å². The van der Waals surface area contributed by atoms with E-state index in [0.29, 0.717) is 18.3 Å². The molecule has 0 aliphatic carbocycles. The molecule has 0 aromatic rings. The molecule has 0 aromatic heterocycles. The maximum absolute atomic E-state index is 13.1. The van der Waals surface area contributed by atoms with Crippen LogP contribution in [0, 0.1) is 47.3 Å². The molecule has 33 heavy (non-hydrogen) atoms. The quantitative estimate of drug-likeness (QED) is 0.495. The number of cyclic esters (lactones) is 1. The van der Waals surface area contributed by atoms with Gasteiger partial charge in [-0.05, 0) is 50.4 Å². The third-order valence-electron chi connectivity index (χ3n) is 8.12. The highest BCUT2D eigenvalue weighted by atomic mass is 16.5. The highest BCUT2D eigenvalue weighted by molar-refractivity contribution is 5.83. The molecule has 0 amide bonds. The van der Waals surface area contributed by atoms with Gasteiger partial charge in [-0.15, -0.1) is 0 Å². The fraction of sp³-hybridized carbons (Fsp3) is 0.926. The van der Waals surface area contributed by atoms with E-state index < -0.39 is 54.1 Å². The van der Waals surface area contributed by atoms with E-state index >= 15 is 0 Å². The summed E-state index contributed by atoms with van der Waals surface area (Å²) in [7, 11) is 0. The van der Waals surface area contributed by atoms with Crippen LogP contribution in [-0.2, 0) is 14.3 Å². The maximum Gasteiger partial charge on any atom is 0.311 e. The molecular weight excluding hydrogens is 420 g/mol. The Morgan fingerprint density at radius 1 is 0.727 bits per heavy atom. The van der Waals surface area contributed by atoms with Gasteiger partial charge >= 0.3 is 5.97 Å². The van der Waals surface area contributed by atoms with E-state index in [1.165, 1.54) is 0 Å². The van der Waals surface area contributed by atoms with Crippen molar-refractivity contribution in [1.82, 2.24) is 0 Å². The first-order valence-corrected chi connectivity index (χ1v) is 13.0. The molecular formula is C27H50O6. The van der Waals surface area contributed by atoms with Crippen molar-refractivity contribution in [3.8, 4) is 0 Å². The van der Waals surface area contributed by atoms with Gasteiger partial charge in [-0.3, -0.25) is 9.59 Å². The normalized spacial score (nSPS) is 45.7. The Bertz CT molecular complexity index is 622. The second-order valence-corrected chi connectivity index (χ2v) is 11.3. The number of aliphatic hydroxyl groups is 3. The summed E-state index contributed by atoms with van der Waals surface area (Å²) in [6, 6.07) is 0. The maximum atomic E-state index is 13.1. The monoisotopic (exact) mass is 470 g/mol. The number of hydrogen-bond acceptors (Lipinski definition) is 6. The second kappa shape index (κ2) is 13.2. The number of aliphatic hydroxyl groups excluding tert-OH is 3. The van der Waals surface area contributed by atoms with Crippen LogP contribution in [0.15, 0.2) is 0 Å². The zero-order valence-electron chi connectivity index (χ0n) is 22.3. The second-order valence-electron chi connectivity index (χ2n) is 11.3. The molecule has 0 unspecified atom stereocenters. The number of carbonyl (C=O) groups is 2. The van der Waals surface area contributed by atoms with Crippen molar-refractivity contribution in [1.29, 1.82) is 0 Å². The Labute approximate surface area is 201 Å². The van der Waals surface area contributed by atoms with Gasteiger partial charge in [0.05, 0.1) is 24.2 Å². The predicted molar refractivity (Wildman–Crippen MR) is 130 cm³/mol. The van der Waals surface area contributed by atoms with Crippen molar-refractivity contribution >= 4 is 11.8 Å². The van der Waals surface area contributed by atoms with Gasteiger partial charge in [0.1, 0.15) is 11.9 Å². The third kappa shape index (κ3) is 8.03. The molecule has 1 heterocycles. The summed E-state index contributed by atoms with van der Waals surface area (Å²) < 4.78 is 5.71. The molecule has 6 nitrogen and oxygen atoms in total. The summed E-state index contributed by atoms with van der Waals surface area (Å²) in [6.45, 7) is 17.1. The minimum Gasteiger partial charge on any atom is -0.462 e. The highest BCUT2D eigenvalue weighted by Gasteiger charge is 2.38. The van der Waals surface area contributed by atoms with E-state index in [2.05, 4.69) is 13.8 Å². The van der Waals surface area contributed by atoms with Crippen LogP contribution in [0.2, 0.25) is 0 Å². The lowest BCUT2D eigenvalue weighted by Gasteiger charge is -2.35. The van der Waals surface area contributed by atoms with E-state index in [-0.39, 0.29) is 17.6 Å². The molecule has 1 fully saturated rings. The van der Waals surface area contributed by atoms with Gasteiger partial charge < -0.3 is 20.1 Å². The fourth-order valence-corrected chi connectivity index (χ4v) is 5.80. The molecule has 1 aliphatic heterocycles. The van der Waals surface area contributed by atoms with E-state index in [9.17, 15) is 24.9 Å². The van der Waals surface area contributed by atoms with E-state index in [1.807, 2.05) is 20.8 Å². The standard InChI is InChI=1S/C27H50O6/c1-10-22-18(6)25(30)19(7)23(28)16(4)12-14(2)11-15(3)13-17(5)24(29)20(8)26(31)21(9)27(32)33-22/h14-22,24-26,29-31H,10-13H2,1-9H3/t14-,15+,16-,17+,18+,19+,20-,21-,22-,24+,25+,26+/m1/s1. The van der Waals surface area contributed by atoms with E-state index in [4.69, 9.17) is 4.74 Å². The first-order valence-electron chi connectivity index (χ1n) is 13.0. The molecule has 0 saturated carbocycles. The number of ether oxygens (including phenoxy) is 1. The molecule has 1 rings (SSSR count). The van der Waals surface area contributed by atoms with Gasteiger partial charge in [-0.25, -0.2) is 0 Å². The Hall–Kier alpha value is -0.980. The molecule has 1 aliphatic rings. The van der Waals surface area contributed by atoms with E-state index in [0.717, 1.165) is 19.3 Å². The van der Waals surface area contributed by atoms with Crippen LogP contribution in [0.1, 0.15) is 88.0 Å². The Balaban J connectivity index is 3.22. The molecule has 1 saturated heterocycles. The molecule has 3 N–H and O–H groups in total. The van der Waals surface area contributed by atoms with Gasteiger partial charge in [0.2, 0.25) is 0 Å². The van der Waals surface area contributed by atoms with Crippen molar-refractivity contribution in [3.05, 3.63) is 0 Å². The van der Waals surface area contributed by atoms with Crippen molar-refractivity contribution in [3.63, 3.8) is 0 Å². The van der Waals surface area contributed by atoms with Crippen molar-refractivity contribution in [2.24, 2.45) is 47.3 Å². The number of Topliss-reactive ketones (excluding diaryl/α,β-unsaturated/α-hetero) is 1. The number of rotatable bonds is 1. The van der Waals surface area contributed by atoms with Crippen LogP contribution in [0.3, 0.4) is 0 Å². The van der Waals surface area contributed by atoms with Crippen LogP contribution in [0.4, 0.5) is 0 Å². The van der Waals surface area contributed by atoms with Gasteiger partial charge in [-0.1, -0.05) is 55.4 Å². The zero-order chi connectivity index (χ0) is 25.6. The highest BCUT2D eigenvalue weighted by Crippen LogP contribution is 2.32. The third-order valence-corrected chi connectivity index (χ3v) is 8.12. The number of esters is 1. The zero-order valence-corrected chi connectivity index (χ0v) is 22.3. The van der Waals surface area contributed by atoms with Crippen LogP contribution < -0.4 is 0 Å². The SMILES string of the molecule is CC[C@H]1OC(=O)[C@H](C)[C@@H](O)[C@H](C)[C@@H](O)[C@@H](C)C[C@@H](C)C[C@@H](C)C[C@@H](C)C(=O)[C@H](C)[C@@H](O)[C@H]1C. The van der Waals surface area contributed by atoms with Crippen molar-refractivity contribution in [2.75, 3.05) is 0 Å². The minimum atomic E-state index is -1.04. The van der Waals surface area contributed by atoms with Crippen LogP contribution in [0.5, 0.6) is 0 Å². The Kier molecular flexibility index (Phi) is 12.0. The molecule has 0 spiro atoms. The topological polar surface area (TPSA) is 104 Å². The first kappa shape index (κ1) is 30.1. The Morgan fingerprint density at radius 2 is 1.24 bits per heavy atom. The largest absolute Gasteiger partial charge is 0.462 e. The smallest absolute Gasteiger partial charge is 0.311 e. The molecule has 0 radical (unpaired) electrons. The summed E-state index contributed by atoms with van der Waals surface area (Å²) in [6.07, 6.45) is -0.276. The van der Waals surface area contributed by atoms with Gasteiger partial charge in [0, 0.05) is 23.7 Å². The summed E-state index contributed by atoms with van der Waals surface area (Å²) in [5, 5.41) is 32.7. The van der Waals surface area contributed by atoms with Crippen LogP contribution in [-0.4, -0.2) is 51.5 Å². The average Bonchev–Trinajstić information content (AvgIpc) is 2.77. The lowest BCUT2D eigenvalue weighted by Crippen LogP contribution is -2.44. The molecule has 6 heteroatoms. The van der Waals surface area contributed by atoms with E-state index in [1.54, 1.807) is 27.7 Å². The van der Waals surface area contributed by atoms with Crippen molar-refractivity contribution in [2.45, 2.75) is 112 Å². The van der Waals surface area contributed by atoms with Gasteiger partial charge in [0.15, 0.2) is 0 Å². The lowest BCUT2D eigenvalue weighted by atomic mass is 9.77. The predicted octanol–water partition coefficient (Wildman–Crippen LogP) is 4.23. The summed E-state index contributed by atoms with van der Waals surface area (Å²) in [5.41, 5.74) is 0. The average molecular weight is 471 g/mol.